The molecular weight excluding hydrogens is 382 g/mol. The van der Waals surface area contributed by atoms with Gasteiger partial charge in [0, 0.05) is 43.9 Å². The van der Waals surface area contributed by atoms with Gasteiger partial charge in [0.15, 0.2) is 5.82 Å². The summed E-state index contributed by atoms with van der Waals surface area (Å²) in [6.45, 7) is 7.52. The summed E-state index contributed by atoms with van der Waals surface area (Å²) >= 11 is 0. The molecule has 0 unspecified atom stereocenters. The van der Waals surface area contributed by atoms with E-state index in [1.54, 1.807) is 14.2 Å². The maximum absolute atomic E-state index is 12.4. The number of benzene rings is 1. The molecule has 0 saturated carbocycles. The number of carbonyl (C=O) groups is 1. The fraction of sp³-hybridized carbons (Fsp3) is 0.500. The van der Waals surface area contributed by atoms with Gasteiger partial charge < -0.3 is 24.6 Å². The summed E-state index contributed by atoms with van der Waals surface area (Å²) in [6, 6.07) is 9.86. The minimum Gasteiger partial charge on any atom is -0.497 e. The van der Waals surface area contributed by atoms with Crippen LogP contribution in [0.25, 0.3) is 11.3 Å². The lowest BCUT2D eigenvalue weighted by Crippen LogP contribution is -2.42. The molecule has 1 N–H and O–H groups in total. The van der Waals surface area contributed by atoms with Gasteiger partial charge in [0.05, 0.1) is 26.5 Å². The third kappa shape index (κ3) is 5.38. The van der Waals surface area contributed by atoms with Gasteiger partial charge in [-0.15, -0.1) is 10.2 Å². The molecule has 0 atom stereocenters. The van der Waals surface area contributed by atoms with Gasteiger partial charge in [-0.3, -0.25) is 4.79 Å². The summed E-state index contributed by atoms with van der Waals surface area (Å²) in [5.41, 5.74) is 1.60. The SMILES string of the molecule is COc1ccc(-c2ccc(N3CCCN(C(=O)CNC(C)C)CC3)nn2)c(OC)c1. The third-order valence-corrected chi connectivity index (χ3v) is 5.17. The molecular formula is C22H31N5O3. The number of methoxy groups -OCH3 is 2. The Morgan fingerprint density at radius 2 is 1.90 bits per heavy atom. The van der Waals surface area contributed by atoms with Gasteiger partial charge in [0.1, 0.15) is 11.5 Å². The number of ether oxygens (including phenoxy) is 2. The van der Waals surface area contributed by atoms with Crippen molar-refractivity contribution in [2.75, 3.05) is 51.8 Å². The normalized spacial score (nSPS) is 14.6. The van der Waals surface area contributed by atoms with Crippen LogP contribution in [0.5, 0.6) is 11.5 Å². The van der Waals surface area contributed by atoms with Crippen molar-refractivity contribution >= 4 is 11.7 Å². The molecule has 8 nitrogen and oxygen atoms in total. The van der Waals surface area contributed by atoms with Gasteiger partial charge >= 0.3 is 0 Å². The molecule has 1 aliphatic rings. The number of nitrogens with one attached hydrogen (secondary N) is 1. The molecule has 0 bridgehead atoms. The quantitative estimate of drug-likeness (QED) is 0.745. The first-order valence-electron chi connectivity index (χ1n) is 10.3. The second-order valence-corrected chi connectivity index (χ2v) is 7.60. The zero-order valence-corrected chi connectivity index (χ0v) is 18.2. The summed E-state index contributed by atoms with van der Waals surface area (Å²) in [6.07, 6.45) is 0.906. The van der Waals surface area contributed by atoms with E-state index in [4.69, 9.17) is 9.47 Å². The van der Waals surface area contributed by atoms with E-state index in [9.17, 15) is 4.79 Å². The summed E-state index contributed by atoms with van der Waals surface area (Å²) in [5.74, 6) is 2.39. The molecule has 1 aliphatic heterocycles. The van der Waals surface area contributed by atoms with E-state index in [2.05, 4.69) is 20.4 Å². The van der Waals surface area contributed by atoms with E-state index in [1.807, 2.05) is 49.1 Å². The van der Waals surface area contributed by atoms with Crippen LogP contribution in [0.3, 0.4) is 0 Å². The zero-order valence-electron chi connectivity index (χ0n) is 18.2. The van der Waals surface area contributed by atoms with E-state index in [0.717, 1.165) is 48.9 Å². The zero-order chi connectivity index (χ0) is 21.5. The maximum Gasteiger partial charge on any atom is 0.236 e. The lowest BCUT2D eigenvalue weighted by atomic mass is 10.1. The largest absolute Gasteiger partial charge is 0.497 e. The van der Waals surface area contributed by atoms with Gasteiger partial charge in [-0.05, 0) is 30.7 Å². The van der Waals surface area contributed by atoms with E-state index in [1.165, 1.54) is 0 Å². The van der Waals surface area contributed by atoms with Crippen molar-refractivity contribution in [1.82, 2.24) is 20.4 Å². The molecule has 0 aliphatic carbocycles. The van der Waals surface area contributed by atoms with Crippen LogP contribution in [0.4, 0.5) is 5.82 Å². The Balaban J connectivity index is 1.66. The van der Waals surface area contributed by atoms with Crippen LogP contribution < -0.4 is 19.7 Å². The van der Waals surface area contributed by atoms with E-state index in [0.29, 0.717) is 24.9 Å². The molecule has 162 valence electrons. The number of hydrogen-bond acceptors (Lipinski definition) is 7. The van der Waals surface area contributed by atoms with Crippen molar-refractivity contribution in [2.45, 2.75) is 26.3 Å². The molecule has 2 heterocycles. The highest BCUT2D eigenvalue weighted by atomic mass is 16.5. The van der Waals surface area contributed by atoms with Crippen LogP contribution in [0.1, 0.15) is 20.3 Å². The van der Waals surface area contributed by atoms with Gasteiger partial charge in [0.2, 0.25) is 5.91 Å². The topological polar surface area (TPSA) is 79.8 Å². The number of carbonyl (C=O) groups excluding carboxylic acids is 1. The lowest BCUT2D eigenvalue weighted by Gasteiger charge is -2.23. The summed E-state index contributed by atoms with van der Waals surface area (Å²) in [5, 5.41) is 12.1. The van der Waals surface area contributed by atoms with Crippen molar-refractivity contribution in [3.8, 4) is 22.8 Å². The first-order chi connectivity index (χ1) is 14.5. The molecule has 1 saturated heterocycles. The second kappa shape index (κ2) is 10.2. The Morgan fingerprint density at radius 1 is 1.07 bits per heavy atom. The number of nitrogens with zero attached hydrogens (tertiary/aromatic N) is 4. The molecule has 8 heteroatoms. The highest BCUT2D eigenvalue weighted by Gasteiger charge is 2.20. The van der Waals surface area contributed by atoms with E-state index >= 15 is 0 Å². The average Bonchev–Trinajstić information content (AvgIpc) is 3.03. The Morgan fingerprint density at radius 3 is 2.57 bits per heavy atom. The minimum atomic E-state index is 0.151. The van der Waals surface area contributed by atoms with Crippen molar-refractivity contribution in [1.29, 1.82) is 0 Å². The standard InChI is InChI=1S/C22H31N5O3/c1-16(2)23-15-22(28)27-11-5-10-26(12-13-27)21-9-8-19(24-25-21)18-7-6-17(29-3)14-20(18)30-4/h6-9,14,16,23H,5,10-13,15H2,1-4H3. The number of hydrogen-bond donors (Lipinski definition) is 1. The Bertz CT molecular complexity index is 841. The van der Waals surface area contributed by atoms with E-state index in [-0.39, 0.29) is 5.91 Å². The van der Waals surface area contributed by atoms with E-state index < -0.39 is 0 Å². The molecule has 1 aromatic carbocycles. The third-order valence-electron chi connectivity index (χ3n) is 5.17. The van der Waals surface area contributed by atoms with Crippen molar-refractivity contribution in [3.63, 3.8) is 0 Å². The molecule has 0 spiro atoms. The molecule has 3 rings (SSSR count). The monoisotopic (exact) mass is 413 g/mol. The smallest absolute Gasteiger partial charge is 0.236 e. The van der Waals surface area contributed by atoms with Gasteiger partial charge in [-0.1, -0.05) is 13.8 Å². The predicted molar refractivity (Wildman–Crippen MR) is 117 cm³/mol. The van der Waals surface area contributed by atoms with Crippen LogP contribution in [-0.2, 0) is 4.79 Å². The lowest BCUT2D eigenvalue weighted by molar-refractivity contribution is -0.130. The minimum absolute atomic E-state index is 0.151. The second-order valence-electron chi connectivity index (χ2n) is 7.60. The van der Waals surface area contributed by atoms with Gasteiger partial charge in [0.25, 0.3) is 0 Å². The maximum atomic E-state index is 12.4. The Labute approximate surface area is 178 Å². The molecule has 1 fully saturated rings. The van der Waals surface area contributed by atoms with Crippen LogP contribution >= 0.6 is 0 Å². The number of aromatic nitrogens is 2. The summed E-state index contributed by atoms with van der Waals surface area (Å²) in [4.78, 5) is 16.5. The van der Waals surface area contributed by atoms with Crippen LogP contribution in [-0.4, -0.2) is 74.0 Å². The number of amides is 1. The summed E-state index contributed by atoms with van der Waals surface area (Å²) in [7, 11) is 3.25. The van der Waals surface area contributed by atoms with Crippen LogP contribution in [0.2, 0.25) is 0 Å². The molecule has 0 radical (unpaired) electrons. The predicted octanol–water partition coefficient (Wildman–Crippen LogP) is 2.20. The highest BCUT2D eigenvalue weighted by Crippen LogP contribution is 2.32. The number of rotatable bonds is 7. The Hall–Kier alpha value is -2.87. The van der Waals surface area contributed by atoms with Crippen molar-refractivity contribution in [2.24, 2.45) is 0 Å². The average molecular weight is 414 g/mol. The Kier molecular flexibility index (Phi) is 7.46. The van der Waals surface area contributed by atoms with Crippen molar-refractivity contribution in [3.05, 3.63) is 30.3 Å². The number of anilines is 1. The highest BCUT2D eigenvalue weighted by molar-refractivity contribution is 5.78. The van der Waals surface area contributed by atoms with Crippen molar-refractivity contribution < 1.29 is 14.3 Å². The van der Waals surface area contributed by atoms with Gasteiger partial charge in [-0.2, -0.15) is 0 Å². The molecule has 2 aromatic rings. The van der Waals surface area contributed by atoms with Crippen LogP contribution in [0.15, 0.2) is 30.3 Å². The molecule has 1 amide bonds. The first kappa shape index (κ1) is 21.8. The van der Waals surface area contributed by atoms with Crippen LogP contribution in [0, 0.1) is 0 Å². The summed E-state index contributed by atoms with van der Waals surface area (Å²) < 4.78 is 10.7. The fourth-order valence-electron chi connectivity index (χ4n) is 3.45. The fourth-order valence-corrected chi connectivity index (χ4v) is 3.45. The van der Waals surface area contributed by atoms with Gasteiger partial charge in [-0.25, -0.2) is 0 Å². The molecule has 30 heavy (non-hydrogen) atoms. The molecule has 1 aromatic heterocycles. The first-order valence-corrected chi connectivity index (χ1v) is 10.3.